The molecule has 0 bridgehead atoms. The average Bonchev–Trinajstić information content (AvgIpc) is 2.83. The molecule has 0 unspecified atom stereocenters. The van der Waals surface area contributed by atoms with Crippen molar-refractivity contribution in [3.63, 3.8) is 0 Å². The van der Waals surface area contributed by atoms with Gasteiger partial charge in [0.05, 0.1) is 10.1 Å². The molecule has 2 nitrogen and oxygen atoms in total. The van der Waals surface area contributed by atoms with Gasteiger partial charge in [-0.15, -0.1) is 0 Å². The van der Waals surface area contributed by atoms with E-state index < -0.39 is 15.1 Å². The van der Waals surface area contributed by atoms with Crippen LogP contribution in [0.2, 0.25) is 0 Å². The lowest BCUT2D eigenvalue weighted by Crippen LogP contribution is -2.29. The van der Waals surface area contributed by atoms with Crippen molar-refractivity contribution in [1.82, 2.24) is 0 Å². The van der Waals surface area contributed by atoms with Gasteiger partial charge in [-0.3, -0.25) is 0 Å². The smallest absolute Gasteiger partial charge is 0.186 e. The van der Waals surface area contributed by atoms with E-state index in [2.05, 4.69) is 50.2 Å². The number of benzene rings is 4. The third-order valence-electron chi connectivity index (χ3n) is 6.53. The molecule has 0 saturated carbocycles. The molecule has 2 atom stereocenters. The van der Waals surface area contributed by atoms with E-state index in [1.165, 1.54) is 0 Å². The highest BCUT2D eigenvalue weighted by Crippen LogP contribution is 2.55. The van der Waals surface area contributed by atoms with Gasteiger partial charge in [0, 0.05) is 5.92 Å². The minimum Gasteiger partial charge on any atom is -0.223 e. The number of sulfone groups is 1. The molecule has 4 aromatic carbocycles. The van der Waals surface area contributed by atoms with Crippen molar-refractivity contribution in [3.05, 3.63) is 114 Å². The average molecular weight is 439 g/mol. The molecule has 0 saturated heterocycles. The number of hydrogen-bond acceptors (Lipinski definition) is 2. The van der Waals surface area contributed by atoms with Crippen LogP contribution in [0.4, 0.5) is 0 Å². The zero-order valence-corrected chi connectivity index (χ0v) is 19.1. The molecule has 0 spiro atoms. The molecular formula is C29H26O2S. The van der Waals surface area contributed by atoms with Crippen molar-refractivity contribution >= 4 is 9.84 Å². The zero-order valence-electron chi connectivity index (χ0n) is 18.3. The molecule has 4 aromatic rings. The maximum absolute atomic E-state index is 14.1. The van der Waals surface area contributed by atoms with Crippen molar-refractivity contribution in [2.75, 3.05) is 0 Å². The maximum atomic E-state index is 14.1. The first-order chi connectivity index (χ1) is 15.5. The molecule has 0 amide bonds. The summed E-state index contributed by atoms with van der Waals surface area (Å²) in [6.07, 6.45) is 0. The van der Waals surface area contributed by atoms with Gasteiger partial charge < -0.3 is 0 Å². The second kappa shape index (κ2) is 8.07. The topological polar surface area (TPSA) is 34.1 Å². The number of hydrogen-bond donors (Lipinski definition) is 0. The summed E-state index contributed by atoms with van der Waals surface area (Å²) < 4.78 is 28.2. The SMILES string of the molecule is CC(C)[C@H]1c2c(-c3ccccc3)cccc2-c2ccccc2[C@@H]1S(=O)(=O)c1ccccc1. The summed E-state index contributed by atoms with van der Waals surface area (Å²) in [5, 5.41) is -0.640. The molecular weight excluding hydrogens is 412 g/mol. The summed E-state index contributed by atoms with van der Waals surface area (Å²) in [5.41, 5.74) is 6.42. The molecule has 160 valence electrons. The Morgan fingerprint density at radius 1 is 0.625 bits per heavy atom. The molecule has 5 rings (SSSR count). The van der Waals surface area contributed by atoms with Crippen LogP contribution in [0, 0.1) is 5.92 Å². The second-order valence-electron chi connectivity index (χ2n) is 8.77. The van der Waals surface area contributed by atoms with Gasteiger partial charge >= 0.3 is 0 Å². The van der Waals surface area contributed by atoms with Gasteiger partial charge in [-0.2, -0.15) is 0 Å². The highest BCUT2D eigenvalue weighted by Gasteiger charge is 2.44. The summed E-state index contributed by atoms with van der Waals surface area (Å²) in [6, 6.07) is 33.5. The molecule has 0 aliphatic heterocycles. The van der Waals surface area contributed by atoms with E-state index in [-0.39, 0.29) is 11.8 Å². The molecule has 3 heteroatoms. The Kier molecular flexibility index (Phi) is 5.22. The van der Waals surface area contributed by atoms with Crippen LogP contribution in [0.15, 0.2) is 108 Å². The first kappa shape index (κ1) is 20.7. The Balaban J connectivity index is 1.85. The van der Waals surface area contributed by atoms with Crippen molar-refractivity contribution in [1.29, 1.82) is 0 Å². The van der Waals surface area contributed by atoms with E-state index in [9.17, 15) is 8.42 Å². The Morgan fingerprint density at radius 2 is 1.19 bits per heavy atom. The van der Waals surface area contributed by atoms with Crippen LogP contribution >= 0.6 is 0 Å². The third kappa shape index (κ3) is 3.28. The van der Waals surface area contributed by atoms with Gasteiger partial charge in [-0.25, -0.2) is 8.42 Å². The highest BCUT2D eigenvalue weighted by atomic mass is 32.2. The van der Waals surface area contributed by atoms with Crippen LogP contribution < -0.4 is 0 Å². The maximum Gasteiger partial charge on any atom is 0.186 e. The molecule has 1 aliphatic carbocycles. The Bertz CT molecular complexity index is 1340. The zero-order chi connectivity index (χ0) is 22.3. The van der Waals surface area contributed by atoms with Crippen molar-refractivity contribution in [2.45, 2.75) is 29.9 Å². The minimum atomic E-state index is -3.61. The summed E-state index contributed by atoms with van der Waals surface area (Å²) >= 11 is 0. The largest absolute Gasteiger partial charge is 0.223 e. The summed E-state index contributed by atoms with van der Waals surface area (Å²) in [7, 11) is -3.61. The van der Waals surface area contributed by atoms with Crippen molar-refractivity contribution in [2.24, 2.45) is 5.92 Å². The molecule has 0 heterocycles. The molecule has 32 heavy (non-hydrogen) atoms. The van der Waals surface area contributed by atoms with Crippen LogP contribution in [0.5, 0.6) is 0 Å². The number of rotatable bonds is 4. The fourth-order valence-electron chi connectivity index (χ4n) is 5.16. The van der Waals surface area contributed by atoms with E-state index >= 15 is 0 Å². The van der Waals surface area contributed by atoms with Gasteiger partial charge in [-0.1, -0.05) is 105 Å². The number of fused-ring (bicyclic) bond motifs is 3. The molecule has 1 aliphatic rings. The lowest BCUT2D eigenvalue weighted by atomic mass is 9.71. The lowest BCUT2D eigenvalue weighted by Gasteiger charge is -2.39. The lowest BCUT2D eigenvalue weighted by molar-refractivity contribution is 0.463. The molecule has 0 fully saturated rings. The Hall–Kier alpha value is -3.17. The predicted molar refractivity (Wildman–Crippen MR) is 131 cm³/mol. The molecule has 0 radical (unpaired) electrons. The van der Waals surface area contributed by atoms with Crippen LogP contribution in [0.25, 0.3) is 22.3 Å². The minimum absolute atomic E-state index is 0.135. The monoisotopic (exact) mass is 438 g/mol. The fourth-order valence-corrected chi connectivity index (χ4v) is 7.37. The van der Waals surface area contributed by atoms with E-state index in [4.69, 9.17) is 0 Å². The van der Waals surface area contributed by atoms with Crippen LogP contribution in [0.3, 0.4) is 0 Å². The van der Waals surface area contributed by atoms with Gasteiger partial charge in [-0.05, 0) is 51.4 Å². The Labute approximate surface area is 190 Å². The van der Waals surface area contributed by atoms with Crippen molar-refractivity contribution < 1.29 is 8.42 Å². The van der Waals surface area contributed by atoms with Gasteiger partial charge in [0.25, 0.3) is 0 Å². The molecule has 0 N–H and O–H groups in total. The normalized spacial score (nSPS) is 17.6. The Morgan fingerprint density at radius 3 is 1.88 bits per heavy atom. The predicted octanol–water partition coefficient (Wildman–Crippen LogP) is 7.29. The van der Waals surface area contributed by atoms with Crippen LogP contribution in [-0.2, 0) is 9.84 Å². The van der Waals surface area contributed by atoms with Crippen molar-refractivity contribution in [3.8, 4) is 22.3 Å². The van der Waals surface area contributed by atoms with E-state index in [0.717, 1.165) is 33.4 Å². The van der Waals surface area contributed by atoms with Crippen LogP contribution in [-0.4, -0.2) is 8.42 Å². The van der Waals surface area contributed by atoms with E-state index in [0.29, 0.717) is 4.90 Å². The standard InChI is InChI=1S/C29H26O2S/c1-20(2)27-28-23(21-12-5-3-6-13-21)18-11-19-25(28)24-16-9-10-17-26(24)29(27)32(30,31)22-14-7-4-8-15-22/h3-20,27,29H,1-2H3/t27-,29-/m0/s1. The summed E-state index contributed by atoms with van der Waals surface area (Å²) in [4.78, 5) is 0.381. The first-order valence-electron chi connectivity index (χ1n) is 11.1. The van der Waals surface area contributed by atoms with E-state index in [1.54, 1.807) is 24.3 Å². The first-order valence-corrected chi connectivity index (χ1v) is 12.6. The second-order valence-corrected chi connectivity index (χ2v) is 10.8. The van der Waals surface area contributed by atoms with E-state index in [1.807, 2.05) is 42.5 Å². The fraction of sp³-hybridized carbons (Fsp3) is 0.172. The highest BCUT2D eigenvalue weighted by molar-refractivity contribution is 7.91. The van der Waals surface area contributed by atoms with Crippen LogP contribution in [0.1, 0.15) is 36.1 Å². The summed E-state index contributed by atoms with van der Waals surface area (Å²) in [6.45, 7) is 4.27. The molecule has 0 aromatic heterocycles. The quantitative estimate of drug-likeness (QED) is 0.335. The van der Waals surface area contributed by atoms with Gasteiger partial charge in [0.2, 0.25) is 0 Å². The summed E-state index contributed by atoms with van der Waals surface area (Å²) in [5.74, 6) is -0.0306. The van der Waals surface area contributed by atoms with Gasteiger partial charge in [0.15, 0.2) is 9.84 Å². The van der Waals surface area contributed by atoms with Gasteiger partial charge in [0.1, 0.15) is 0 Å². The third-order valence-corrected chi connectivity index (χ3v) is 8.68.